The molecule has 0 fully saturated rings. The molecule has 0 aliphatic carbocycles. The van der Waals surface area contributed by atoms with Crippen molar-refractivity contribution in [3.63, 3.8) is 0 Å². The van der Waals surface area contributed by atoms with Crippen molar-refractivity contribution in [1.29, 1.82) is 5.26 Å². The third-order valence-corrected chi connectivity index (χ3v) is 1.30. The molecule has 0 aromatic carbocycles. The van der Waals surface area contributed by atoms with E-state index in [0.717, 1.165) is 12.8 Å². The number of hydrogen-bond donors (Lipinski definition) is 2. The maximum atomic E-state index is 10.0. The fourth-order valence-corrected chi connectivity index (χ4v) is 0.674. The predicted octanol–water partition coefficient (Wildman–Crippen LogP) is 1.60. The molecule has 0 aliphatic heterocycles. The third kappa shape index (κ3) is 5.30. The van der Waals surface area contributed by atoms with Gasteiger partial charge in [-0.05, 0) is 25.3 Å². The van der Waals surface area contributed by atoms with E-state index in [4.69, 9.17) is 15.5 Å². The van der Waals surface area contributed by atoms with Gasteiger partial charge in [0.15, 0.2) is 5.76 Å². The zero-order chi connectivity index (χ0) is 9.40. The highest BCUT2D eigenvalue weighted by Crippen LogP contribution is 2.01. The van der Waals surface area contributed by atoms with Crippen molar-refractivity contribution in [3.8, 4) is 6.07 Å². The monoisotopic (exact) mass is 169 g/mol. The van der Waals surface area contributed by atoms with Crippen LogP contribution in [0.25, 0.3) is 0 Å². The van der Waals surface area contributed by atoms with Crippen LogP contribution in [-0.2, 0) is 4.79 Å². The third-order valence-electron chi connectivity index (χ3n) is 1.30. The molecule has 66 valence electrons. The largest absolute Gasteiger partial charge is 0.502 e. The van der Waals surface area contributed by atoms with Crippen molar-refractivity contribution >= 4 is 5.97 Å². The van der Waals surface area contributed by atoms with Crippen molar-refractivity contribution in [2.45, 2.75) is 25.7 Å². The Morgan fingerprint density at radius 3 is 2.58 bits per heavy atom. The summed E-state index contributed by atoms with van der Waals surface area (Å²) in [7, 11) is 0. The smallest absolute Gasteiger partial charge is 0.370 e. The van der Waals surface area contributed by atoms with E-state index in [-0.39, 0.29) is 0 Å². The average Bonchev–Trinajstić information content (AvgIpc) is 2.03. The first-order valence-corrected chi connectivity index (χ1v) is 3.68. The number of carboxylic acids is 1. The molecule has 0 aromatic heterocycles. The second kappa shape index (κ2) is 6.23. The summed E-state index contributed by atoms with van der Waals surface area (Å²) in [5.41, 5.74) is 0. The molecule has 0 aromatic rings. The van der Waals surface area contributed by atoms with Crippen molar-refractivity contribution in [1.82, 2.24) is 0 Å². The lowest BCUT2D eigenvalue weighted by Crippen LogP contribution is -1.98. The van der Waals surface area contributed by atoms with E-state index in [1.54, 1.807) is 0 Å². The lowest BCUT2D eigenvalue weighted by atomic mass is 10.2. The molecular weight excluding hydrogens is 158 g/mol. The minimum Gasteiger partial charge on any atom is -0.502 e. The molecule has 0 amide bonds. The second-order valence-corrected chi connectivity index (χ2v) is 2.30. The number of aliphatic hydroxyl groups excluding tert-OH is 1. The Bertz CT molecular complexity index is 215. The molecule has 4 nitrogen and oxygen atoms in total. The van der Waals surface area contributed by atoms with Crippen LogP contribution in [0.15, 0.2) is 11.8 Å². The Morgan fingerprint density at radius 1 is 1.42 bits per heavy atom. The van der Waals surface area contributed by atoms with E-state index in [9.17, 15) is 4.79 Å². The number of carbonyl (C=O) groups is 1. The van der Waals surface area contributed by atoms with E-state index in [1.807, 2.05) is 6.07 Å². The van der Waals surface area contributed by atoms with Crippen LogP contribution in [-0.4, -0.2) is 16.2 Å². The number of aliphatic hydroxyl groups is 1. The standard InChI is InChI=1S/C8H11NO3/c9-6-4-2-1-3-5-7(10)8(11)12/h5,10H,1-4H2,(H,11,12). The van der Waals surface area contributed by atoms with Crippen molar-refractivity contribution in [3.05, 3.63) is 11.8 Å². The summed E-state index contributed by atoms with van der Waals surface area (Å²) in [6, 6.07) is 1.98. The number of rotatable bonds is 5. The van der Waals surface area contributed by atoms with Crippen LogP contribution in [0.2, 0.25) is 0 Å². The second-order valence-electron chi connectivity index (χ2n) is 2.30. The fourth-order valence-electron chi connectivity index (χ4n) is 0.674. The van der Waals surface area contributed by atoms with Crippen LogP contribution in [0.4, 0.5) is 0 Å². The van der Waals surface area contributed by atoms with Crippen molar-refractivity contribution < 1.29 is 15.0 Å². The quantitative estimate of drug-likeness (QED) is 0.372. The van der Waals surface area contributed by atoms with Gasteiger partial charge < -0.3 is 10.2 Å². The zero-order valence-electron chi connectivity index (χ0n) is 6.66. The van der Waals surface area contributed by atoms with Crippen LogP contribution in [0.5, 0.6) is 0 Å². The number of nitriles is 1. The summed E-state index contributed by atoms with van der Waals surface area (Å²) in [6.07, 6.45) is 3.69. The molecule has 0 atom stereocenters. The molecule has 0 radical (unpaired) electrons. The van der Waals surface area contributed by atoms with E-state index in [0.29, 0.717) is 12.8 Å². The first kappa shape index (κ1) is 10.5. The highest BCUT2D eigenvalue weighted by atomic mass is 16.4. The summed E-state index contributed by atoms with van der Waals surface area (Å²) < 4.78 is 0. The van der Waals surface area contributed by atoms with Crippen molar-refractivity contribution in [2.24, 2.45) is 0 Å². The molecule has 0 spiro atoms. The number of aliphatic carboxylic acids is 1. The summed E-state index contributed by atoms with van der Waals surface area (Å²) in [6.45, 7) is 0. The van der Waals surface area contributed by atoms with Gasteiger partial charge in [-0.2, -0.15) is 5.26 Å². The zero-order valence-corrected chi connectivity index (χ0v) is 6.66. The minimum atomic E-state index is -1.31. The van der Waals surface area contributed by atoms with Gasteiger partial charge in [0.1, 0.15) is 0 Å². The van der Waals surface area contributed by atoms with E-state index >= 15 is 0 Å². The SMILES string of the molecule is N#CCCCCC=C(O)C(=O)O. The van der Waals surface area contributed by atoms with Crippen molar-refractivity contribution in [2.75, 3.05) is 0 Å². The van der Waals surface area contributed by atoms with E-state index in [2.05, 4.69) is 0 Å². The molecule has 0 rings (SSSR count). The number of allylic oxidation sites excluding steroid dienone is 1. The topological polar surface area (TPSA) is 81.3 Å². The highest BCUT2D eigenvalue weighted by Gasteiger charge is 2.00. The maximum absolute atomic E-state index is 10.0. The van der Waals surface area contributed by atoms with Gasteiger partial charge >= 0.3 is 5.97 Å². The Labute approximate surface area is 70.7 Å². The molecule has 0 saturated heterocycles. The molecule has 0 bridgehead atoms. The maximum Gasteiger partial charge on any atom is 0.370 e. The Morgan fingerprint density at radius 2 is 2.08 bits per heavy atom. The molecule has 0 unspecified atom stereocenters. The predicted molar refractivity (Wildman–Crippen MR) is 42.4 cm³/mol. The fraction of sp³-hybridized carbons (Fsp3) is 0.500. The normalized spacial score (nSPS) is 10.8. The molecular formula is C8H11NO3. The number of carboxylic acid groups (broad SMARTS) is 1. The van der Waals surface area contributed by atoms with Gasteiger partial charge in [-0.15, -0.1) is 0 Å². The van der Waals surface area contributed by atoms with Gasteiger partial charge in [-0.1, -0.05) is 0 Å². The molecule has 2 N–H and O–H groups in total. The summed E-state index contributed by atoms with van der Waals surface area (Å²) in [5.74, 6) is -1.93. The number of nitrogens with zero attached hydrogens (tertiary/aromatic N) is 1. The van der Waals surface area contributed by atoms with Crippen LogP contribution >= 0.6 is 0 Å². The summed E-state index contributed by atoms with van der Waals surface area (Å²) in [4.78, 5) is 10.0. The molecule has 4 heteroatoms. The summed E-state index contributed by atoms with van der Waals surface area (Å²) >= 11 is 0. The molecule has 0 heterocycles. The minimum absolute atomic E-state index is 0.474. The van der Waals surface area contributed by atoms with Gasteiger partial charge in [0, 0.05) is 6.42 Å². The number of hydrogen-bond acceptors (Lipinski definition) is 3. The van der Waals surface area contributed by atoms with Gasteiger partial charge in [0.25, 0.3) is 0 Å². The Balaban J connectivity index is 3.48. The molecule has 0 saturated carbocycles. The van der Waals surface area contributed by atoms with E-state index < -0.39 is 11.7 Å². The number of unbranched alkanes of at least 4 members (excludes halogenated alkanes) is 3. The van der Waals surface area contributed by atoms with Gasteiger partial charge in [-0.25, -0.2) is 4.79 Å². The average molecular weight is 169 g/mol. The van der Waals surface area contributed by atoms with E-state index in [1.165, 1.54) is 6.08 Å². The van der Waals surface area contributed by atoms with Crippen LogP contribution in [0.3, 0.4) is 0 Å². The first-order valence-electron chi connectivity index (χ1n) is 3.68. The molecule has 0 aliphatic rings. The van der Waals surface area contributed by atoms with Crippen LogP contribution in [0, 0.1) is 11.3 Å². The lowest BCUT2D eigenvalue weighted by molar-refractivity contribution is -0.135. The first-order chi connectivity index (χ1) is 5.68. The van der Waals surface area contributed by atoms with Crippen LogP contribution < -0.4 is 0 Å². The van der Waals surface area contributed by atoms with Gasteiger partial charge in [0.2, 0.25) is 0 Å². The van der Waals surface area contributed by atoms with Gasteiger partial charge in [-0.3, -0.25) is 0 Å². The Kier molecular flexibility index (Phi) is 5.45. The molecule has 12 heavy (non-hydrogen) atoms. The van der Waals surface area contributed by atoms with Gasteiger partial charge in [0.05, 0.1) is 6.07 Å². The Hall–Kier alpha value is -1.50. The lowest BCUT2D eigenvalue weighted by Gasteiger charge is -1.92. The highest BCUT2D eigenvalue weighted by molar-refractivity contribution is 5.83. The summed E-state index contributed by atoms with van der Waals surface area (Å²) in [5, 5.41) is 25.0. The van der Waals surface area contributed by atoms with Crippen LogP contribution in [0.1, 0.15) is 25.7 Å².